The maximum atomic E-state index is 13.4. The summed E-state index contributed by atoms with van der Waals surface area (Å²) in [7, 11) is 0. The Morgan fingerprint density at radius 1 is 1.16 bits per heavy atom. The highest BCUT2D eigenvalue weighted by molar-refractivity contribution is 7.12. The van der Waals surface area contributed by atoms with Crippen molar-refractivity contribution in [3.05, 3.63) is 33.6 Å². The zero-order valence-electron chi connectivity index (χ0n) is 18.8. The minimum Gasteiger partial charge on any atom is -0.349 e. The maximum absolute atomic E-state index is 13.4. The Morgan fingerprint density at radius 2 is 1.90 bits per heavy atom. The number of aromatic nitrogens is 3. The maximum Gasteiger partial charge on any atom is 0.252 e. The van der Waals surface area contributed by atoms with Gasteiger partial charge in [0.05, 0.1) is 22.8 Å². The van der Waals surface area contributed by atoms with Gasteiger partial charge >= 0.3 is 0 Å². The topological polar surface area (TPSA) is 63.1 Å². The van der Waals surface area contributed by atoms with Crippen LogP contribution in [0.1, 0.15) is 65.7 Å². The third-order valence-electron chi connectivity index (χ3n) is 6.55. The minimum absolute atomic E-state index is 0.00793. The number of pyridine rings is 1. The van der Waals surface area contributed by atoms with E-state index in [-0.39, 0.29) is 18.0 Å². The lowest BCUT2D eigenvalue weighted by molar-refractivity contribution is 0.0910. The van der Waals surface area contributed by atoms with Crippen LogP contribution in [-0.2, 0) is 0 Å². The number of thiophene rings is 1. The number of fused-ring (bicyclic) bond motifs is 1. The van der Waals surface area contributed by atoms with Crippen molar-refractivity contribution in [1.29, 1.82) is 0 Å². The summed E-state index contributed by atoms with van der Waals surface area (Å²) in [6, 6.07) is 5.34. The zero-order valence-corrected chi connectivity index (χ0v) is 19.6. The first-order valence-electron chi connectivity index (χ1n) is 11.4. The molecule has 4 heterocycles. The summed E-state index contributed by atoms with van der Waals surface area (Å²) in [6.45, 7) is 10.6. The lowest BCUT2D eigenvalue weighted by atomic mass is 10.0. The quantitative estimate of drug-likeness (QED) is 0.628. The second-order valence-electron chi connectivity index (χ2n) is 9.32. The molecule has 0 spiro atoms. The molecule has 5 rings (SSSR count). The molecule has 2 aliphatic rings. The first-order chi connectivity index (χ1) is 14.9. The van der Waals surface area contributed by atoms with E-state index in [0.29, 0.717) is 5.56 Å². The van der Waals surface area contributed by atoms with Crippen molar-refractivity contribution in [2.45, 2.75) is 71.5 Å². The highest BCUT2D eigenvalue weighted by Crippen LogP contribution is 2.33. The zero-order chi connectivity index (χ0) is 21.7. The molecule has 1 aliphatic heterocycles. The number of aryl methyl sites for hydroxylation is 2. The molecule has 0 bridgehead atoms. The Kier molecular flexibility index (Phi) is 5.34. The van der Waals surface area contributed by atoms with Gasteiger partial charge in [0.2, 0.25) is 0 Å². The molecule has 0 unspecified atom stereocenters. The van der Waals surface area contributed by atoms with E-state index < -0.39 is 0 Å². The number of likely N-dealkylation sites (tertiary alicyclic amines) is 1. The van der Waals surface area contributed by atoms with Crippen LogP contribution in [0.15, 0.2) is 18.3 Å². The molecule has 0 aromatic carbocycles. The third kappa shape index (κ3) is 4.01. The molecule has 0 atom stereocenters. The Bertz CT molecular complexity index is 1120. The summed E-state index contributed by atoms with van der Waals surface area (Å²) >= 11 is 1.76. The summed E-state index contributed by atoms with van der Waals surface area (Å²) < 4.78 is 1.91. The number of carbonyl (C=O) groups excluding carboxylic acids is 1. The molecular weight excluding hydrogens is 406 g/mol. The summed E-state index contributed by atoms with van der Waals surface area (Å²) in [4.78, 5) is 23.4. The second-order valence-corrected chi connectivity index (χ2v) is 10.8. The van der Waals surface area contributed by atoms with Gasteiger partial charge in [-0.3, -0.25) is 4.79 Å². The van der Waals surface area contributed by atoms with Gasteiger partial charge in [-0.1, -0.05) is 0 Å². The summed E-state index contributed by atoms with van der Waals surface area (Å²) in [6.07, 6.45) is 6.53. The standard InChI is InChI=1S/C24H31N5OS/c1-14(2)29-23-21(13-25-29)20(12-22(27-23)19-11-15(3)31-16(19)4)24(30)26-17-7-9-28(10-8-17)18-5-6-18/h11-14,17-18H,5-10H2,1-4H3,(H,26,30). The van der Waals surface area contributed by atoms with E-state index in [9.17, 15) is 4.79 Å². The first-order valence-corrected chi connectivity index (χ1v) is 12.2. The number of rotatable bonds is 5. The summed E-state index contributed by atoms with van der Waals surface area (Å²) in [5, 5.41) is 8.70. The van der Waals surface area contributed by atoms with E-state index in [1.807, 2.05) is 10.7 Å². The van der Waals surface area contributed by atoms with Crippen molar-refractivity contribution in [3.8, 4) is 11.3 Å². The molecule has 31 heavy (non-hydrogen) atoms. The van der Waals surface area contributed by atoms with E-state index in [2.05, 4.69) is 49.1 Å². The second kappa shape index (κ2) is 8.02. The number of carbonyl (C=O) groups is 1. The fourth-order valence-corrected chi connectivity index (χ4v) is 5.65. The third-order valence-corrected chi connectivity index (χ3v) is 7.51. The highest BCUT2D eigenvalue weighted by Gasteiger charge is 2.32. The van der Waals surface area contributed by atoms with Crippen LogP contribution >= 0.6 is 11.3 Å². The Morgan fingerprint density at radius 3 is 2.52 bits per heavy atom. The monoisotopic (exact) mass is 437 g/mol. The van der Waals surface area contributed by atoms with Gasteiger partial charge in [-0.15, -0.1) is 11.3 Å². The van der Waals surface area contributed by atoms with Gasteiger partial charge in [0, 0.05) is 46.5 Å². The van der Waals surface area contributed by atoms with Crippen LogP contribution in [0.2, 0.25) is 0 Å². The van der Waals surface area contributed by atoms with Crippen LogP contribution in [-0.4, -0.2) is 50.7 Å². The minimum atomic E-state index is -0.00793. The predicted octanol–water partition coefficient (Wildman–Crippen LogP) is 4.71. The van der Waals surface area contributed by atoms with Gasteiger partial charge in [0.1, 0.15) is 0 Å². The average Bonchev–Trinajstić information content (AvgIpc) is 3.40. The van der Waals surface area contributed by atoms with Crippen molar-refractivity contribution in [2.24, 2.45) is 0 Å². The molecule has 3 aromatic heterocycles. The lowest BCUT2D eigenvalue weighted by Crippen LogP contribution is -2.45. The van der Waals surface area contributed by atoms with Crippen molar-refractivity contribution in [1.82, 2.24) is 25.0 Å². The molecule has 1 N–H and O–H groups in total. The lowest BCUT2D eigenvalue weighted by Gasteiger charge is -2.32. The molecule has 0 radical (unpaired) electrons. The average molecular weight is 438 g/mol. The smallest absolute Gasteiger partial charge is 0.252 e. The molecule has 7 heteroatoms. The highest BCUT2D eigenvalue weighted by atomic mass is 32.1. The number of hydrogen-bond acceptors (Lipinski definition) is 5. The van der Waals surface area contributed by atoms with E-state index >= 15 is 0 Å². The molecule has 2 fully saturated rings. The van der Waals surface area contributed by atoms with Crippen molar-refractivity contribution >= 4 is 28.3 Å². The normalized spacial score (nSPS) is 18.2. The number of nitrogens with one attached hydrogen (secondary N) is 1. The number of hydrogen-bond donors (Lipinski definition) is 1. The van der Waals surface area contributed by atoms with Gasteiger partial charge in [-0.25, -0.2) is 9.67 Å². The van der Waals surface area contributed by atoms with Crippen LogP contribution in [0.25, 0.3) is 22.3 Å². The van der Waals surface area contributed by atoms with E-state index in [0.717, 1.165) is 54.3 Å². The van der Waals surface area contributed by atoms with Crippen LogP contribution < -0.4 is 5.32 Å². The van der Waals surface area contributed by atoms with E-state index in [4.69, 9.17) is 4.98 Å². The van der Waals surface area contributed by atoms with Crippen molar-refractivity contribution in [2.75, 3.05) is 13.1 Å². The fraction of sp³-hybridized carbons (Fsp3) is 0.542. The molecule has 3 aromatic rings. The molecule has 6 nitrogen and oxygen atoms in total. The SMILES string of the molecule is Cc1cc(-c2cc(C(=O)NC3CCN(C4CC4)CC3)c3cnn(C(C)C)c3n2)c(C)s1. The molecule has 1 saturated heterocycles. The molecule has 164 valence electrons. The predicted molar refractivity (Wildman–Crippen MR) is 126 cm³/mol. The van der Waals surface area contributed by atoms with Crippen LogP contribution in [0.3, 0.4) is 0 Å². The number of amides is 1. The van der Waals surface area contributed by atoms with Crippen LogP contribution in [0.4, 0.5) is 0 Å². The largest absolute Gasteiger partial charge is 0.349 e. The Hall–Kier alpha value is -2.25. The van der Waals surface area contributed by atoms with E-state index in [1.165, 1.54) is 22.6 Å². The van der Waals surface area contributed by atoms with Crippen LogP contribution in [0.5, 0.6) is 0 Å². The van der Waals surface area contributed by atoms with Gasteiger partial charge in [0.15, 0.2) is 5.65 Å². The van der Waals surface area contributed by atoms with Crippen LogP contribution in [0, 0.1) is 13.8 Å². The van der Waals surface area contributed by atoms with Gasteiger partial charge in [-0.05, 0) is 65.5 Å². The fourth-order valence-electron chi connectivity index (χ4n) is 4.72. The van der Waals surface area contributed by atoms with Gasteiger partial charge in [-0.2, -0.15) is 5.10 Å². The number of nitrogens with zero attached hydrogens (tertiary/aromatic N) is 4. The van der Waals surface area contributed by atoms with E-state index in [1.54, 1.807) is 17.5 Å². The molecule has 1 aliphatic carbocycles. The Labute approximate surface area is 187 Å². The first kappa shape index (κ1) is 20.6. The van der Waals surface area contributed by atoms with Crippen molar-refractivity contribution < 1.29 is 4.79 Å². The summed E-state index contributed by atoms with van der Waals surface area (Å²) in [5.41, 5.74) is 3.42. The molecular formula is C24H31N5OS. The molecule has 1 saturated carbocycles. The molecule has 1 amide bonds. The van der Waals surface area contributed by atoms with Gasteiger partial charge in [0.25, 0.3) is 5.91 Å². The van der Waals surface area contributed by atoms with Crippen molar-refractivity contribution in [3.63, 3.8) is 0 Å². The summed E-state index contributed by atoms with van der Waals surface area (Å²) in [5.74, 6) is -0.00793. The Balaban J connectivity index is 1.47. The number of piperidine rings is 1. The van der Waals surface area contributed by atoms with Gasteiger partial charge < -0.3 is 10.2 Å².